The Bertz CT molecular complexity index is 700. The highest BCUT2D eigenvalue weighted by atomic mass is 32.2. The van der Waals surface area contributed by atoms with E-state index in [9.17, 15) is 14.4 Å². The molecular formula is C17H18N2O5S. The first-order valence-electron chi connectivity index (χ1n) is 7.69. The fourth-order valence-electron chi connectivity index (χ4n) is 2.81. The molecule has 2 fully saturated rings. The maximum Gasteiger partial charge on any atom is 0.332 e. The maximum absolute atomic E-state index is 12.4. The molecule has 2 unspecified atom stereocenters. The van der Waals surface area contributed by atoms with Crippen LogP contribution in [0.5, 0.6) is 5.75 Å². The summed E-state index contributed by atoms with van der Waals surface area (Å²) < 4.78 is 10.1. The molecule has 0 bridgehead atoms. The third kappa shape index (κ3) is 3.34. The van der Waals surface area contributed by atoms with Crippen LogP contribution in [0.2, 0.25) is 0 Å². The topological polar surface area (TPSA) is 84.9 Å². The zero-order valence-corrected chi connectivity index (χ0v) is 14.5. The largest absolute Gasteiger partial charge is 0.484 e. The number of ether oxygens (including phenoxy) is 2. The molecule has 2 amide bonds. The van der Waals surface area contributed by atoms with Crippen molar-refractivity contribution in [3.63, 3.8) is 0 Å². The molecule has 25 heavy (non-hydrogen) atoms. The average Bonchev–Trinajstić information content (AvgIpc) is 2.64. The van der Waals surface area contributed by atoms with E-state index in [1.165, 1.54) is 23.8 Å². The summed E-state index contributed by atoms with van der Waals surface area (Å²) in [6.45, 7) is 3.66. The monoisotopic (exact) mass is 362 g/mol. The number of esters is 1. The van der Waals surface area contributed by atoms with Crippen LogP contribution in [-0.2, 0) is 19.1 Å². The van der Waals surface area contributed by atoms with Gasteiger partial charge in [-0.05, 0) is 17.7 Å². The molecule has 2 heterocycles. The zero-order valence-electron chi connectivity index (χ0n) is 13.6. The van der Waals surface area contributed by atoms with Crippen LogP contribution in [0.25, 0.3) is 0 Å². The summed E-state index contributed by atoms with van der Waals surface area (Å²) in [5, 5.41) is 2.37. The molecule has 2 aliphatic rings. The van der Waals surface area contributed by atoms with Gasteiger partial charge in [0.1, 0.15) is 17.2 Å². The number of thioether (sulfide) groups is 1. The van der Waals surface area contributed by atoms with Gasteiger partial charge in [-0.25, -0.2) is 4.79 Å². The van der Waals surface area contributed by atoms with E-state index in [4.69, 9.17) is 9.47 Å². The molecule has 0 saturated carbocycles. The van der Waals surface area contributed by atoms with Crippen molar-refractivity contribution in [3.8, 4) is 5.75 Å². The van der Waals surface area contributed by atoms with E-state index >= 15 is 0 Å². The van der Waals surface area contributed by atoms with Crippen molar-refractivity contribution >= 4 is 29.5 Å². The highest BCUT2D eigenvalue weighted by Crippen LogP contribution is 2.40. The lowest BCUT2D eigenvalue weighted by Crippen LogP contribution is -2.74. The van der Waals surface area contributed by atoms with E-state index in [1.807, 2.05) is 6.07 Å². The number of rotatable bonds is 5. The standard InChI is InChI=1S/C17H18N2O5S/c1-10-9-25-16-13(15(21)19(16)14(10)17(22)23-2)18-12(20)8-24-11-6-4-3-5-7-11/h3-7,13-14,16H,1,8-9H2,2H3,(H,18,20)/t13?,14?,16-/m0/s1. The molecule has 2 aliphatic heterocycles. The molecule has 7 nitrogen and oxygen atoms in total. The van der Waals surface area contributed by atoms with Crippen molar-refractivity contribution in [2.75, 3.05) is 19.5 Å². The smallest absolute Gasteiger partial charge is 0.332 e. The molecule has 1 N–H and O–H groups in total. The highest BCUT2D eigenvalue weighted by molar-refractivity contribution is 8.00. The quantitative estimate of drug-likeness (QED) is 0.468. The number of methoxy groups -OCH3 is 1. The first-order chi connectivity index (χ1) is 12.0. The summed E-state index contributed by atoms with van der Waals surface area (Å²) in [5.41, 5.74) is 0.624. The number of benzene rings is 1. The van der Waals surface area contributed by atoms with E-state index in [0.29, 0.717) is 17.1 Å². The molecule has 0 aliphatic carbocycles. The zero-order chi connectivity index (χ0) is 18.0. The molecular weight excluding hydrogens is 344 g/mol. The summed E-state index contributed by atoms with van der Waals surface area (Å²) in [7, 11) is 1.27. The van der Waals surface area contributed by atoms with E-state index in [1.54, 1.807) is 24.3 Å². The van der Waals surface area contributed by atoms with Gasteiger partial charge in [0.25, 0.3) is 5.91 Å². The number of β-lactam (4-membered cyclic amide) rings is 1. The van der Waals surface area contributed by atoms with Crippen molar-refractivity contribution in [3.05, 3.63) is 42.5 Å². The fraction of sp³-hybridized carbons (Fsp3) is 0.353. The molecule has 3 rings (SSSR count). The van der Waals surface area contributed by atoms with Crippen LogP contribution >= 0.6 is 11.8 Å². The second-order valence-electron chi connectivity index (χ2n) is 5.68. The lowest BCUT2D eigenvalue weighted by Gasteiger charge is -2.52. The number of nitrogens with one attached hydrogen (secondary N) is 1. The van der Waals surface area contributed by atoms with Gasteiger partial charge in [0, 0.05) is 5.75 Å². The molecule has 0 radical (unpaired) electrons. The summed E-state index contributed by atoms with van der Waals surface area (Å²) in [6, 6.07) is 7.49. The Morgan fingerprint density at radius 3 is 2.76 bits per heavy atom. The summed E-state index contributed by atoms with van der Waals surface area (Å²) in [6.07, 6.45) is 0. The van der Waals surface area contributed by atoms with Crippen LogP contribution in [0.15, 0.2) is 42.5 Å². The van der Waals surface area contributed by atoms with E-state index in [-0.39, 0.29) is 23.8 Å². The van der Waals surface area contributed by atoms with Crippen LogP contribution in [0, 0.1) is 0 Å². The van der Waals surface area contributed by atoms with Gasteiger partial charge in [-0.15, -0.1) is 11.8 Å². The van der Waals surface area contributed by atoms with Gasteiger partial charge in [-0.1, -0.05) is 24.8 Å². The Kier molecular flexibility index (Phi) is 4.98. The number of para-hydroxylation sites is 1. The Balaban J connectivity index is 1.58. The highest BCUT2D eigenvalue weighted by Gasteiger charge is 2.56. The van der Waals surface area contributed by atoms with E-state index in [2.05, 4.69) is 11.9 Å². The maximum atomic E-state index is 12.4. The van der Waals surface area contributed by atoms with Gasteiger partial charge in [0.05, 0.1) is 7.11 Å². The second kappa shape index (κ2) is 7.18. The number of hydrogen-bond donors (Lipinski definition) is 1. The lowest BCUT2D eigenvalue weighted by molar-refractivity contribution is -0.162. The molecule has 0 aromatic heterocycles. The van der Waals surface area contributed by atoms with Crippen LogP contribution in [0.4, 0.5) is 0 Å². The van der Waals surface area contributed by atoms with Crippen molar-refractivity contribution in [2.45, 2.75) is 17.5 Å². The summed E-state index contributed by atoms with van der Waals surface area (Å²) in [5.74, 6) is -0.112. The molecule has 3 atom stereocenters. The van der Waals surface area contributed by atoms with E-state index in [0.717, 1.165) is 0 Å². The number of amides is 2. The van der Waals surface area contributed by atoms with Gasteiger partial charge in [0.15, 0.2) is 12.6 Å². The molecule has 8 heteroatoms. The Hall–Kier alpha value is -2.48. The number of carbonyl (C=O) groups is 3. The number of fused-ring (bicyclic) bond motifs is 1. The van der Waals surface area contributed by atoms with Crippen LogP contribution in [-0.4, -0.2) is 59.6 Å². The first-order valence-corrected chi connectivity index (χ1v) is 8.74. The predicted octanol–water partition coefficient (Wildman–Crippen LogP) is 0.563. The normalized spacial score (nSPS) is 24.8. The van der Waals surface area contributed by atoms with Gasteiger partial charge >= 0.3 is 5.97 Å². The number of nitrogens with zero attached hydrogens (tertiary/aromatic N) is 1. The Morgan fingerprint density at radius 2 is 2.08 bits per heavy atom. The minimum absolute atomic E-state index is 0.182. The number of hydrogen-bond acceptors (Lipinski definition) is 6. The predicted molar refractivity (Wildman–Crippen MR) is 91.9 cm³/mol. The van der Waals surface area contributed by atoms with Crippen molar-refractivity contribution in [1.82, 2.24) is 10.2 Å². The summed E-state index contributed by atoms with van der Waals surface area (Å²) >= 11 is 1.46. The minimum atomic E-state index is -0.780. The van der Waals surface area contributed by atoms with Gasteiger partial charge in [-0.3, -0.25) is 9.59 Å². The van der Waals surface area contributed by atoms with Crippen LogP contribution in [0.1, 0.15) is 0 Å². The van der Waals surface area contributed by atoms with Crippen molar-refractivity contribution in [2.24, 2.45) is 0 Å². The average molecular weight is 362 g/mol. The Morgan fingerprint density at radius 1 is 1.36 bits per heavy atom. The molecule has 1 aromatic rings. The SMILES string of the molecule is C=C1CS[C@H]2C(NC(=O)COc3ccccc3)C(=O)N2C1C(=O)OC. The molecule has 2 saturated heterocycles. The van der Waals surface area contributed by atoms with Gasteiger partial charge in [-0.2, -0.15) is 0 Å². The molecule has 132 valence electrons. The van der Waals surface area contributed by atoms with Crippen molar-refractivity contribution in [1.29, 1.82) is 0 Å². The minimum Gasteiger partial charge on any atom is -0.484 e. The van der Waals surface area contributed by atoms with Gasteiger partial charge < -0.3 is 19.7 Å². The van der Waals surface area contributed by atoms with Crippen LogP contribution in [0.3, 0.4) is 0 Å². The number of carbonyl (C=O) groups excluding carboxylic acids is 3. The van der Waals surface area contributed by atoms with Crippen LogP contribution < -0.4 is 10.1 Å². The molecule has 0 spiro atoms. The summed E-state index contributed by atoms with van der Waals surface area (Å²) in [4.78, 5) is 37.8. The lowest BCUT2D eigenvalue weighted by atomic mass is 9.98. The van der Waals surface area contributed by atoms with Crippen molar-refractivity contribution < 1.29 is 23.9 Å². The van der Waals surface area contributed by atoms with Gasteiger partial charge in [0.2, 0.25) is 5.91 Å². The third-order valence-electron chi connectivity index (χ3n) is 4.04. The Labute approximate surface area is 149 Å². The molecule has 1 aromatic carbocycles. The van der Waals surface area contributed by atoms with E-state index < -0.39 is 18.1 Å². The first kappa shape index (κ1) is 17.3. The fourth-order valence-corrected chi connectivity index (χ4v) is 4.12. The third-order valence-corrected chi connectivity index (χ3v) is 5.42. The second-order valence-corrected chi connectivity index (χ2v) is 6.78.